The normalized spacial score (nSPS) is 15.0. The Morgan fingerprint density at radius 1 is 1.36 bits per heavy atom. The topological polar surface area (TPSA) is 18.5 Å². The summed E-state index contributed by atoms with van der Waals surface area (Å²) in [6.07, 6.45) is 0. The molecule has 0 aromatic carbocycles. The van der Waals surface area contributed by atoms with E-state index in [0.717, 1.165) is 6.04 Å². The van der Waals surface area contributed by atoms with E-state index in [9.17, 15) is 0 Å². The minimum atomic E-state index is -1.87. The molecule has 0 aromatic rings. The van der Waals surface area contributed by atoms with E-state index in [4.69, 9.17) is 20.5 Å². The van der Waals surface area contributed by atoms with Crippen LogP contribution >= 0.6 is 11.6 Å². The molecule has 0 N–H and O–H groups in total. The molecule has 0 aromatic heterocycles. The fourth-order valence-electron chi connectivity index (χ4n) is 0.938. The molecule has 0 unspecified atom stereocenters. The summed E-state index contributed by atoms with van der Waals surface area (Å²) < 4.78 is 10.6. The smallest absolute Gasteiger partial charge is 0.334 e. The lowest BCUT2D eigenvalue weighted by molar-refractivity contribution is 0.244. The summed E-state index contributed by atoms with van der Waals surface area (Å²) in [5, 5.41) is 0. The first-order valence-corrected chi connectivity index (χ1v) is 6.80. The van der Waals surface area contributed by atoms with Crippen molar-refractivity contribution in [1.29, 1.82) is 0 Å². The number of alkyl halides is 1. The van der Waals surface area contributed by atoms with E-state index in [0.29, 0.717) is 11.8 Å². The van der Waals surface area contributed by atoms with Crippen molar-refractivity contribution < 1.29 is 8.85 Å². The molecule has 0 rings (SSSR count). The first kappa shape index (κ1) is 11.4. The van der Waals surface area contributed by atoms with Crippen LogP contribution in [0.1, 0.15) is 6.92 Å². The molecule has 0 radical (unpaired) electrons. The highest BCUT2D eigenvalue weighted by molar-refractivity contribution is 6.66. The Kier molecular flexibility index (Phi) is 5.34. The quantitative estimate of drug-likeness (QED) is 0.496. The molecule has 68 valence electrons. The van der Waals surface area contributed by atoms with Gasteiger partial charge in [0.15, 0.2) is 0 Å². The van der Waals surface area contributed by atoms with Gasteiger partial charge in [-0.15, -0.1) is 11.6 Å². The van der Waals surface area contributed by atoms with E-state index in [1.165, 1.54) is 0 Å². The van der Waals surface area contributed by atoms with Gasteiger partial charge in [0.1, 0.15) is 0 Å². The zero-order valence-electron chi connectivity index (χ0n) is 7.69. The van der Waals surface area contributed by atoms with Crippen LogP contribution in [-0.2, 0) is 8.85 Å². The van der Waals surface area contributed by atoms with Gasteiger partial charge in [-0.2, -0.15) is 0 Å². The SMILES string of the molecule is CO[Si](C)(C[C@H](C)CCl)OC. The molecule has 0 fully saturated rings. The second-order valence-corrected chi connectivity index (χ2v) is 6.81. The molecule has 0 saturated carbocycles. The third-order valence-corrected chi connectivity index (χ3v) is 5.54. The van der Waals surface area contributed by atoms with Gasteiger partial charge in [-0.05, 0) is 18.5 Å². The maximum atomic E-state index is 5.68. The van der Waals surface area contributed by atoms with E-state index >= 15 is 0 Å². The van der Waals surface area contributed by atoms with E-state index in [-0.39, 0.29) is 0 Å². The van der Waals surface area contributed by atoms with Crippen molar-refractivity contribution in [1.82, 2.24) is 0 Å². The van der Waals surface area contributed by atoms with E-state index < -0.39 is 8.56 Å². The average molecular weight is 197 g/mol. The molecule has 0 amide bonds. The molecule has 2 nitrogen and oxygen atoms in total. The fourth-order valence-corrected chi connectivity index (χ4v) is 3.14. The van der Waals surface area contributed by atoms with Gasteiger partial charge < -0.3 is 8.85 Å². The lowest BCUT2D eigenvalue weighted by Crippen LogP contribution is -2.38. The van der Waals surface area contributed by atoms with Gasteiger partial charge in [0.25, 0.3) is 0 Å². The van der Waals surface area contributed by atoms with Crippen LogP contribution in [0.2, 0.25) is 12.6 Å². The summed E-state index contributed by atoms with van der Waals surface area (Å²) in [5.74, 6) is 1.16. The van der Waals surface area contributed by atoms with Crippen molar-refractivity contribution in [2.75, 3.05) is 20.1 Å². The minimum Gasteiger partial charge on any atom is -0.398 e. The molecule has 0 saturated heterocycles. The predicted molar refractivity (Wildman–Crippen MR) is 50.3 cm³/mol. The summed E-state index contributed by atoms with van der Waals surface area (Å²) >= 11 is 5.68. The molecular formula is C7H17ClO2Si. The molecular weight excluding hydrogens is 180 g/mol. The lowest BCUT2D eigenvalue weighted by Gasteiger charge is -2.24. The van der Waals surface area contributed by atoms with E-state index in [2.05, 4.69) is 13.5 Å². The van der Waals surface area contributed by atoms with Gasteiger partial charge in [-0.25, -0.2) is 0 Å². The first-order chi connectivity index (χ1) is 5.08. The third kappa shape index (κ3) is 4.11. The molecule has 0 heterocycles. The Morgan fingerprint density at radius 2 is 1.82 bits per heavy atom. The van der Waals surface area contributed by atoms with Crippen molar-refractivity contribution in [3.05, 3.63) is 0 Å². The summed E-state index contributed by atoms with van der Waals surface area (Å²) in [5.41, 5.74) is 0. The van der Waals surface area contributed by atoms with Gasteiger partial charge in [-0.3, -0.25) is 0 Å². The Balaban J connectivity index is 3.86. The average Bonchev–Trinajstić information content (AvgIpc) is 2.04. The summed E-state index contributed by atoms with van der Waals surface area (Å²) in [6, 6.07) is 0.962. The Morgan fingerprint density at radius 3 is 2.09 bits per heavy atom. The summed E-state index contributed by atoms with van der Waals surface area (Å²) in [7, 11) is 1.54. The standard InChI is InChI=1S/C7H17ClO2Si/c1-7(5-8)6-11(4,9-2)10-3/h7H,5-6H2,1-4H3/t7-/m1/s1. The van der Waals surface area contributed by atoms with Crippen molar-refractivity contribution in [3.8, 4) is 0 Å². The number of rotatable bonds is 5. The van der Waals surface area contributed by atoms with Gasteiger partial charge in [0.2, 0.25) is 0 Å². The van der Waals surface area contributed by atoms with Crippen LogP contribution in [-0.4, -0.2) is 28.7 Å². The van der Waals surface area contributed by atoms with Crippen LogP contribution < -0.4 is 0 Å². The summed E-state index contributed by atoms with van der Waals surface area (Å²) in [6.45, 7) is 4.16. The fraction of sp³-hybridized carbons (Fsp3) is 1.00. The van der Waals surface area contributed by atoms with E-state index in [1.54, 1.807) is 14.2 Å². The molecule has 1 atom stereocenters. The number of hydrogen-bond donors (Lipinski definition) is 0. The highest BCUT2D eigenvalue weighted by Crippen LogP contribution is 2.18. The number of hydrogen-bond acceptors (Lipinski definition) is 2. The third-order valence-electron chi connectivity index (χ3n) is 1.85. The molecule has 0 bridgehead atoms. The lowest BCUT2D eigenvalue weighted by atomic mass is 10.3. The second kappa shape index (κ2) is 5.14. The van der Waals surface area contributed by atoms with Crippen molar-refractivity contribution in [2.45, 2.75) is 19.5 Å². The zero-order valence-corrected chi connectivity index (χ0v) is 9.44. The van der Waals surface area contributed by atoms with Crippen LogP contribution in [0.15, 0.2) is 0 Å². The molecule has 11 heavy (non-hydrogen) atoms. The largest absolute Gasteiger partial charge is 0.398 e. The Hall–Kier alpha value is 0.427. The molecule has 0 spiro atoms. The summed E-state index contributed by atoms with van der Waals surface area (Å²) in [4.78, 5) is 0. The van der Waals surface area contributed by atoms with Crippen molar-refractivity contribution in [3.63, 3.8) is 0 Å². The second-order valence-electron chi connectivity index (χ2n) is 3.01. The zero-order chi connectivity index (χ0) is 8.91. The molecule has 4 heteroatoms. The Bertz CT molecular complexity index is 107. The van der Waals surface area contributed by atoms with Crippen LogP contribution in [0.3, 0.4) is 0 Å². The maximum Gasteiger partial charge on any atom is 0.334 e. The highest BCUT2D eigenvalue weighted by atomic mass is 35.5. The van der Waals surface area contributed by atoms with Crippen LogP contribution in [0, 0.1) is 5.92 Å². The van der Waals surface area contributed by atoms with Gasteiger partial charge in [0, 0.05) is 20.1 Å². The van der Waals surface area contributed by atoms with Crippen LogP contribution in [0.25, 0.3) is 0 Å². The Labute approximate surface area is 75.1 Å². The highest BCUT2D eigenvalue weighted by Gasteiger charge is 2.30. The van der Waals surface area contributed by atoms with Gasteiger partial charge in [-0.1, -0.05) is 6.92 Å². The molecule has 0 aliphatic rings. The van der Waals surface area contributed by atoms with Gasteiger partial charge in [0.05, 0.1) is 0 Å². The first-order valence-electron chi connectivity index (χ1n) is 3.74. The van der Waals surface area contributed by atoms with Crippen molar-refractivity contribution in [2.24, 2.45) is 5.92 Å². The molecule has 0 aliphatic heterocycles. The maximum absolute atomic E-state index is 5.68. The monoisotopic (exact) mass is 196 g/mol. The predicted octanol–water partition coefficient (Wildman–Crippen LogP) is 2.23. The molecule has 0 aliphatic carbocycles. The van der Waals surface area contributed by atoms with Gasteiger partial charge >= 0.3 is 8.56 Å². The van der Waals surface area contributed by atoms with Crippen LogP contribution in [0.5, 0.6) is 0 Å². The van der Waals surface area contributed by atoms with Crippen LogP contribution in [0.4, 0.5) is 0 Å². The van der Waals surface area contributed by atoms with Crippen molar-refractivity contribution >= 4 is 20.2 Å². The van der Waals surface area contributed by atoms with E-state index in [1.807, 2.05) is 0 Å². The number of halogens is 1. The minimum absolute atomic E-state index is 0.480.